The molecule has 2 heterocycles. The maximum Gasteiger partial charge on any atom is 0.156 e. The van der Waals surface area contributed by atoms with E-state index in [2.05, 4.69) is 4.98 Å². The number of ether oxygens (including phenoxy) is 1. The van der Waals surface area contributed by atoms with Crippen molar-refractivity contribution in [1.82, 2.24) is 14.2 Å². The zero-order valence-corrected chi connectivity index (χ0v) is 13.7. The zero-order chi connectivity index (χ0) is 17.4. The number of hydrogen-bond donors (Lipinski definition) is 2. The van der Waals surface area contributed by atoms with Crippen molar-refractivity contribution in [2.75, 3.05) is 13.0 Å². The third kappa shape index (κ3) is 2.44. The molecule has 0 bridgehead atoms. The van der Waals surface area contributed by atoms with E-state index in [0.29, 0.717) is 11.0 Å². The van der Waals surface area contributed by atoms with Crippen LogP contribution >= 0.6 is 0 Å². The Bertz CT molecular complexity index is 1090. The molecule has 25 heavy (non-hydrogen) atoms. The third-order valence-corrected chi connectivity index (χ3v) is 4.21. The Morgan fingerprint density at radius 1 is 1.04 bits per heavy atom. The monoisotopic (exact) mass is 331 g/mol. The fraction of sp³-hybridized carbons (Fsp3) is 0.0526. The van der Waals surface area contributed by atoms with E-state index in [1.807, 2.05) is 65.4 Å². The molecule has 2 aromatic carbocycles. The number of rotatable bonds is 3. The molecule has 124 valence electrons. The van der Waals surface area contributed by atoms with Crippen molar-refractivity contribution in [3.8, 4) is 22.6 Å². The Morgan fingerprint density at radius 3 is 2.44 bits per heavy atom. The van der Waals surface area contributed by atoms with Crippen LogP contribution in [0.1, 0.15) is 0 Å². The molecule has 0 saturated heterocycles. The van der Waals surface area contributed by atoms with Crippen molar-refractivity contribution < 1.29 is 4.74 Å². The van der Waals surface area contributed by atoms with E-state index in [4.69, 9.17) is 16.0 Å². The highest BCUT2D eigenvalue weighted by Gasteiger charge is 2.15. The van der Waals surface area contributed by atoms with E-state index in [1.165, 1.54) is 11.0 Å². The summed E-state index contributed by atoms with van der Waals surface area (Å²) < 4.78 is 8.44. The third-order valence-electron chi connectivity index (χ3n) is 4.21. The number of nitrogens with two attached hydrogens (primary N) is 1. The molecule has 0 atom stereocenters. The van der Waals surface area contributed by atoms with Crippen LogP contribution in [0.25, 0.3) is 27.8 Å². The van der Waals surface area contributed by atoms with Crippen LogP contribution in [-0.4, -0.2) is 21.3 Å². The minimum atomic E-state index is 0.213. The van der Waals surface area contributed by atoms with Crippen LogP contribution in [0.3, 0.4) is 0 Å². The van der Waals surface area contributed by atoms with Crippen LogP contribution in [0.5, 0.6) is 5.75 Å². The largest absolute Gasteiger partial charge is 0.497 e. The first-order valence-electron chi connectivity index (χ1n) is 7.81. The second-order valence-electron chi connectivity index (χ2n) is 5.68. The number of nitrogens with zero attached hydrogens (tertiary/aromatic N) is 3. The highest BCUT2D eigenvalue weighted by Crippen LogP contribution is 2.30. The molecule has 0 aliphatic carbocycles. The predicted octanol–water partition coefficient (Wildman–Crippen LogP) is 2.70. The van der Waals surface area contributed by atoms with Gasteiger partial charge in [0.05, 0.1) is 12.5 Å². The van der Waals surface area contributed by atoms with Crippen molar-refractivity contribution >= 4 is 11.0 Å². The quantitative estimate of drug-likeness (QED) is 0.566. The SMILES string of the molecule is COc1ccc(-c2cn(-c3ccccc3)c3ncn(N)c(=N)c23)cc1. The maximum absolute atomic E-state index is 8.39. The number of hydrogen-bond acceptors (Lipinski definition) is 4. The van der Waals surface area contributed by atoms with Crippen LogP contribution in [-0.2, 0) is 0 Å². The Morgan fingerprint density at radius 2 is 1.76 bits per heavy atom. The van der Waals surface area contributed by atoms with Crippen LogP contribution in [0, 0.1) is 5.41 Å². The van der Waals surface area contributed by atoms with Crippen molar-refractivity contribution in [1.29, 1.82) is 5.41 Å². The molecule has 0 saturated carbocycles. The summed E-state index contributed by atoms with van der Waals surface area (Å²) in [4.78, 5) is 4.45. The lowest BCUT2D eigenvalue weighted by molar-refractivity contribution is 0.415. The van der Waals surface area contributed by atoms with Crippen LogP contribution in [0.15, 0.2) is 67.1 Å². The molecule has 0 spiro atoms. The number of fused-ring (bicyclic) bond motifs is 1. The first-order valence-corrected chi connectivity index (χ1v) is 7.81. The molecule has 0 unspecified atom stereocenters. The van der Waals surface area contributed by atoms with Gasteiger partial charge in [0.2, 0.25) is 0 Å². The van der Waals surface area contributed by atoms with Crippen molar-refractivity contribution in [2.24, 2.45) is 0 Å². The summed E-state index contributed by atoms with van der Waals surface area (Å²) in [7, 11) is 1.64. The van der Waals surface area contributed by atoms with E-state index in [9.17, 15) is 0 Å². The van der Waals surface area contributed by atoms with E-state index < -0.39 is 0 Å². The Labute approximate surface area is 144 Å². The van der Waals surface area contributed by atoms with Gasteiger partial charge in [-0.3, -0.25) is 5.41 Å². The lowest BCUT2D eigenvalue weighted by atomic mass is 10.1. The molecule has 0 radical (unpaired) electrons. The summed E-state index contributed by atoms with van der Waals surface area (Å²) >= 11 is 0. The fourth-order valence-electron chi connectivity index (χ4n) is 2.93. The molecule has 0 aliphatic heterocycles. The topological polar surface area (TPSA) is 81.8 Å². The summed E-state index contributed by atoms with van der Waals surface area (Å²) in [5.74, 6) is 6.65. The minimum Gasteiger partial charge on any atom is -0.497 e. The van der Waals surface area contributed by atoms with Crippen molar-refractivity contribution in [3.63, 3.8) is 0 Å². The Hall–Kier alpha value is -3.54. The molecular formula is C19H17N5O. The van der Waals surface area contributed by atoms with Gasteiger partial charge in [-0.25, -0.2) is 9.66 Å². The van der Waals surface area contributed by atoms with Gasteiger partial charge in [-0.15, -0.1) is 0 Å². The van der Waals surface area contributed by atoms with Gasteiger partial charge in [-0.2, -0.15) is 0 Å². The van der Waals surface area contributed by atoms with Gasteiger partial charge in [0.25, 0.3) is 0 Å². The number of methoxy groups -OCH3 is 1. The molecule has 0 aliphatic rings. The summed E-state index contributed by atoms with van der Waals surface area (Å²) in [6.07, 6.45) is 3.45. The van der Waals surface area contributed by atoms with Crippen molar-refractivity contribution in [3.05, 3.63) is 72.6 Å². The smallest absolute Gasteiger partial charge is 0.156 e. The Kier molecular flexibility index (Phi) is 3.50. The number of nitrogens with one attached hydrogen (secondary N) is 1. The molecule has 6 nitrogen and oxygen atoms in total. The molecule has 3 N–H and O–H groups in total. The van der Waals surface area contributed by atoms with Gasteiger partial charge in [0.1, 0.15) is 12.1 Å². The summed E-state index contributed by atoms with van der Waals surface area (Å²) in [5, 5.41) is 9.10. The summed E-state index contributed by atoms with van der Waals surface area (Å²) in [6.45, 7) is 0. The normalized spacial score (nSPS) is 10.9. The summed E-state index contributed by atoms with van der Waals surface area (Å²) in [6, 6.07) is 17.7. The number of benzene rings is 2. The van der Waals surface area contributed by atoms with Crippen LogP contribution in [0.4, 0.5) is 0 Å². The average molecular weight is 331 g/mol. The second kappa shape index (κ2) is 5.83. The lowest BCUT2D eigenvalue weighted by Crippen LogP contribution is -2.27. The Balaban J connectivity index is 2.03. The molecule has 0 amide bonds. The van der Waals surface area contributed by atoms with E-state index >= 15 is 0 Å². The lowest BCUT2D eigenvalue weighted by Gasteiger charge is -2.05. The first-order chi connectivity index (χ1) is 12.2. The van der Waals surface area contributed by atoms with Gasteiger partial charge in [0, 0.05) is 17.4 Å². The average Bonchev–Trinajstić information content (AvgIpc) is 3.06. The molecule has 4 rings (SSSR count). The summed E-state index contributed by atoms with van der Waals surface area (Å²) in [5.41, 5.74) is 3.77. The highest BCUT2D eigenvalue weighted by atomic mass is 16.5. The highest BCUT2D eigenvalue weighted by molar-refractivity contribution is 5.94. The number of nitrogen functional groups attached to an aromatic ring is 1. The minimum absolute atomic E-state index is 0.213. The second-order valence-corrected chi connectivity index (χ2v) is 5.68. The maximum atomic E-state index is 8.39. The van der Waals surface area contributed by atoms with Gasteiger partial charge < -0.3 is 15.1 Å². The number of para-hydroxylation sites is 1. The van der Waals surface area contributed by atoms with Gasteiger partial charge in [-0.1, -0.05) is 30.3 Å². The molecular weight excluding hydrogens is 314 g/mol. The van der Waals surface area contributed by atoms with Gasteiger partial charge >= 0.3 is 0 Å². The molecule has 0 fully saturated rings. The predicted molar refractivity (Wildman–Crippen MR) is 97.1 cm³/mol. The molecule has 6 heteroatoms. The van der Waals surface area contributed by atoms with Crippen LogP contribution in [0.2, 0.25) is 0 Å². The van der Waals surface area contributed by atoms with Crippen molar-refractivity contribution in [2.45, 2.75) is 0 Å². The van der Waals surface area contributed by atoms with E-state index in [1.54, 1.807) is 7.11 Å². The zero-order valence-electron chi connectivity index (χ0n) is 13.7. The van der Waals surface area contributed by atoms with Gasteiger partial charge in [0.15, 0.2) is 11.1 Å². The van der Waals surface area contributed by atoms with Gasteiger partial charge in [-0.05, 0) is 29.8 Å². The van der Waals surface area contributed by atoms with E-state index in [0.717, 1.165) is 22.6 Å². The molecule has 2 aromatic heterocycles. The number of aromatic nitrogens is 3. The van der Waals surface area contributed by atoms with Crippen LogP contribution < -0.4 is 16.1 Å². The first kappa shape index (κ1) is 15.0. The molecule has 4 aromatic rings. The standard InChI is InChI=1S/C19H17N5O/c1-25-15-9-7-13(8-10-15)16-11-23(14-5-3-2-4-6-14)19-17(16)18(20)24(21)12-22-19/h2-12,20H,21H2,1H3. The van der Waals surface area contributed by atoms with E-state index in [-0.39, 0.29) is 5.49 Å². The fourth-order valence-corrected chi connectivity index (χ4v) is 2.93.